The van der Waals surface area contributed by atoms with Gasteiger partial charge in [-0.2, -0.15) is 5.26 Å². The molecule has 3 rings (SSSR count). The van der Waals surface area contributed by atoms with Crippen molar-refractivity contribution in [1.29, 1.82) is 5.26 Å². The summed E-state index contributed by atoms with van der Waals surface area (Å²) < 4.78 is 15.7. The van der Waals surface area contributed by atoms with Gasteiger partial charge in [0.25, 0.3) is 0 Å². The molecule has 0 fully saturated rings. The van der Waals surface area contributed by atoms with Crippen molar-refractivity contribution in [2.75, 3.05) is 25.7 Å². The number of nitrogens with two attached hydrogens (primary N) is 1. The topological polar surface area (TPSA) is 115 Å². The maximum absolute atomic E-state index is 13.0. The molecular weight excluding hydrogens is 434 g/mol. The summed E-state index contributed by atoms with van der Waals surface area (Å²) >= 11 is 0. The molecule has 1 heterocycles. The molecule has 174 valence electrons. The predicted octanol–water partition coefficient (Wildman–Crippen LogP) is 3.54. The maximum atomic E-state index is 13.0. The number of anilines is 1. The summed E-state index contributed by atoms with van der Waals surface area (Å²) in [6.07, 6.45) is 0. The second kappa shape index (κ2) is 10.4. The lowest BCUT2D eigenvalue weighted by Gasteiger charge is -2.35. The summed E-state index contributed by atoms with van der Waals surface area (Å²) in [7, 11) is 2.41. The van der Waals surface area contributed by atoms with E-state index in [0.29, 0.717) is 23.6 Å². The normalized spacial score (nSPS) is 15.5. The van der Waals surface area contributed by atoms with Crippen LogP contribution in [0.25, 0.3) is 0 Å². The molecule has 8 heteroatoms. The van der Waals surface area contributed by atoms with E-state index in [-0.39, 0.29) is 22.7 Å². The molecule has 1 aliphatic heterocycles. The number of nitriles is 1. The van der Waals surface area contributed by atoms with E-state index in [0.717, 1.165) is 5.57 Å². The first-order valence-corrected chi connectivity index (χ1v) is 10.4. The highest BCUT2D eigenvalue weighted by Crippen LogP contribution is 2.43. The molecule has 0 bridgehead atoms. The third-order valence-electron chi connectivity index (χ3n) is 5.19. The quantitative estimate of drug-likeness (QED) is 0.494. The van der Waals surface area contributed by atoms with E-state index in [9.17, 15) is 14.9 Å². The van der Waals surface area contributed by atoms with Crippen LogP contribution in [0.1, 0.15) is 18.4 Å². The number of methoxy groups -OCH3 is 2. The Morgan fingerprint density at radius 1 is 1.06 bits per heavy atom. The van der Waals surface area contributed by atoms with Crippen LogP contribution in [0.5, 0.6) is 5.75 Å². The molecular formula is C26H25N3O5. The van der Waals surface area contributed by atoms with Gasteiger partial charge in [0.05, 0.1) is 37.4 Å². The average molecular weight is 460 g/mol. The molecule has 0 spiro atoms. The lowest BCUT2D eigenvalue weighted by atomic mass is 9.81. The smallest absolute Gasteiger partial charge is 0.355 e. The number of ether oxygens (including phenoxy) is 3. The van der Waals surface area contributed by atoms with Crippen LogP contribution in [0, 0.1) is 11.3 Å². The van der Waals surface area contributed by atoms with Crippen molar-refractivity contribution in [3.05, 3.63) is 95.0 Å². The highest BCUT2D eigenvalue weighted by molar-refractivity contribution is 6.06. The third-order valence-corrected chi connectivity index (χ3v) is 5.19. The number of esters is 2. The van der Waals surface area contributed by atoms with E-state index in [4.69, 9.17) is 19.9 Å². The summed E-state index contributed by atoms with van der Waals surface area (Å²) in [6.45, 7) is 6.00. The Balaban J connectivity index is 2.25. The Hall–Kier alpha value is -4.51. The maximum Gasteiger partial charge on any atom is 0.355 e. The third kappa shape index (κ3) is 4.64. The lowest BCUT2D eigenvalue weighted by molar-refractivity contribution is -0.139. The van der Waals surface area contributed by atoms with E-state index in [1.807, 2.05) is 6.92 Å². The molecule has 1 atom stereocenters. The monoisotopic (exact) mass is 459 g/mol. The summed E-state index contributed by atoms with van der Waals surface area (Å²) in [5.74, 6) is -1.92. The van der Waals surface area contributed by atoms with E-state index < -0.39 is 17.9 Å². The molecule has 8 nitrogen and oxygen atoms in total. The molecule has 0 amide bonds. The van der Waals surface area contributed by atoms with Crippen LogP contribution in [0.3, 0.4) is 0 Å². The first-order valence-electron chi connectivity index (χ1n) is 10.4. The largest absolute Gasteiger partial charge is 0.489 e. The summed E-state index contributed by atoms with van der Waals surface area (Å²) in [5.41, 5.74) is 8.28. The van der Waals surface area contributed by atoms with Crippen molar-refractivity contribution in [2.45, 2.75) is 12.8 Å². The van der Waals surface area contributed by atoms with Crippen molar-refractivity contribution in [3.63, 3.8) is 0 Å². The minimum absolute atomic E-state index is 0.00000968. The van der Waals surface area contributed by atoms with Crippen LogP contribution < -0.4 is 15.4 Å². The number of nitrogens with zero attached hydrogens (tertiary/aromatic N) is 2. The standard InChI is InChI=1S/C26H25N3O5/c1-16(2)15-34-19-12-10-18(11-13-19)29-23(26(31)33-4)22(25(30)32-3)21(20(14-27)24(29)28)17-8-6-5-7-9-17/h5-13,21H,1,15,28H2,2-4H3. The van der Waals surface area contributed by atoms with Crippen LogP contribution in [-0.4, -0.2) is 32.8 Å². The fraction of sp³-hybridized carbons (Fsp3) is 0.192. The minimum atomic E-state index is -0.915. The molecule has 0 aromatic heterocycles. The van der Waals surface area contributed by atoms with Gasteiger partial charge < -0.3 is 19.9 Å². The Morgan fingerprint density at radius 3 is 2.21 bits per heavy atom. The molecule has 1 aliphatic rings. The van der Waals surface area contributed by atoms with Crippen LogP contribution in [-0.2, 0) is 19.1 Å². The first-order chi connectivity index (χ1) is 16.3. The van der Waals surface area contributed by atoms with Crippen LogP contribution in [0.2, 0.25) is 0 Å². The van der Waals surface area contributed by atoms with Crippen LogP contribution in [0.15, 0.2) is 89.4 Å². The van der Waals surface area contributed by atoms with Crippen LogP contribution >= 0.6 is 0 Å². The van der Waals surface area contributed by atoms with Gasteiger partial charge in [0.15, 0.2) is 0 Å². The first kappa shape index (κ1) is 24.1. The van der Waals surface area contributed by atoms with E-state index in [1.54, 1.807) is 54.6 Å². The lowest BCUT2D eigenvalue weighted by Crippen LogP contribution is -2.40. The molecule has 1 unspecified atom stereocenters. The predicted molar refractivity (Wildman–Crippen MR) is 126 cm³/mol. The second-order valence-electron chi connectivity index (χ2n) is 7.57. The number of carbonyl (C=O) groups is 2. The van der Waals surface area contributed by atoms with E-state index in [1.165, 1.54) is 19.1 Å². The summed E-state index contributed by atoms with van der Waals surface area (Å²) in [4.78, 5) is 27.4. The van der Waals surface area contributed by atoms with E-state index in [2.05, 4.69) is 12.6 Å². The van der Waals surface area contributed by atoms with Crippen molar-refractivity contribution in [1.82, 2.24) is 0 Å². The number of hydrogen-bond acceptors (Lipinski definition) is 8. The average Bonchev–Trinajstić information content (AvgIpc) is 2.86. The molecule has 0 aliphatic carbocycles. The Bertz CT molecular complexity index is 1210. The van der Waals surface area contributed by atoms with Gasteiger partial charge >= 0.3 is 11.9 Å². The molecule has 0 saturated heterocycles. The number of benzene rings is 2. The van der Waals surface area contributed by atoms with Gasteiger partial charge in [-0.3, -0.25) is 4.90 Å². The molecule has 34 heavy (non-hydrogen) atoms. The fourth-order valence-corrected chi connectivity index (χ4v) is 3.68. The van der Waals surface area contributed by atoms with E-state index >= 15 is 0 Å². The van der Waals surface area contributed by atoms with Crippen molar-refractivity contribution < 1.29 is 23.8 Å². The number of carbonyl (C=O) groups excluding carboxylic acids is 2. The number of allylic oxidation sites excluding steroid dienone is 1. The van der Waals surface area contributed by atoms with Crippen molar-refractivity contribution >= 4 is 17.6 Å². The molecule has 0 radical (unpaired) electrons. The van der Waals surface area contributed by atoms with Gasteiger partial charge in [-0.05, 0) is 42.3 Å². The van der Waals surface area contributed by atoms with Gasteiger partial charge in [0, 0.05) is 5.69 Å². The van der Waals surface area contributed by atoms with Crippen LogP contribution in [0.4, 0.5) is 5.69 Å². The van der Waals surface area contributed by atoms with Crippen molar-refractivity contribution in [2.24, 2.45) is 5.73 Å². The zero-order valence-corrected chi connectivity index (χ0v) is 19.2. The number of rotatable bonds is 7. The second-order valence-corrected chi connectivity index (χ2v) is 7.57. The molecule has 2 N–H and O–H groups in total. The fourth-order valence-electron chi connectivity index (χ4n) is 3.68. The van der Waals surface area contributed by atoms with Gasteiger partial charge in [-0.15, -0.1) is 0 Å². The summed E-state index contributed by atoms with van der Waals surface area (Å²) in [5, 5.41) is 10.0. The van der Waals surface area contributed by atoms with Gasteiger partial charge in [0.2, 0.25) is 0 Å². The number of hydrogen-bond donors (Lipinski definition) is 1. The Kier molecular flexibility index (Phi) is 7.39. The zero-order chi connectivity index (χ0) is 24.8. The highest BCUT2D eigenvalue weighted by Gasteiger charge is 2.42. The highest BCUT2D eigenvalue weighted by atomic mass is 16.5. The molecule has 0 saturated carbocycles. The van der Waals surface area contributed by atoms with Crippen molar-refractivity contribution in [3.8, 4) is 11.8 Å². The Labute approximate surface area is 198 Å². The zero-order valence-electron chi connectivity index (χ0n) is 19.2. The molecule has 2 aromatic carbocycles. The molecule has 2 aromatic rings. The Morgan fingerprint density at radius 2 is 1.68 bits per heavy atom. The van der Waals surface area contributed by atoms with Gasteiger partial charge in [0.1, 0.15) is 23.9 Å². The van der Waals surface area contributed by atoms with Gasteiger partial charge in [-0.25, -0.2) is 9.59 Å². The SMILES string of the molecule is C=C(C)COc1ccc(N2C(N)=C(C#N)C(c3ccccc3)C(C(=O)OC)=C2C(=O)OC)cc1. The minimum Gasteiger partial charge on any atom is -0.489 e. The summed E-state index contributed by atoms with van der Waals surface area (Å²) in [6, 6.07) is 17.7. The van der Waals surface area contributed by atoms with Gasteiger partial charge in [-0.1, -0.05) is 36.9 Å².